The lowest BCUT2D eigenvalue weighted by Gasteiger charge is -2.18. The van der Waals surface area contributed by atoms with Gasteiger partial charge in [0.25, 0.3) is 0 Å². The van der Waals surface area contributed by atoms with Crippen molar-refractivity contribution >= 4 is 0 Å². The average Bonchev–Trinajstić information content (AvgIpc) is 2.65. The molecule has 1 atom stereocenters. The summed E-state index contributed by atoms with van der Waals surface area (Å²) in [6, 6.07) is 7.05. The molecule has 1 aromatic heterocycles. The lowest BCUT2D eigenvalue weighted by molar-refractivity contribution is 0.588. The summed E-state index contributed by atoms with van der Waals surface area (Å²) >= 11 is 0. The third-order valence-corrected chi connectivity index (χ3v) is 4.35. The van der Waals surface area contributed by atoms with Crippen LogP contribution in [0.3, 0.4) is 0 Å². The van der Waals surface area contributed by atoms with E-state index in [4.69, 9.17) is 0 Å². The Morgan fingerprint density at radius 3 is 2.35 bits per heavy atom. The molecule has 1 heterocycles. The van der Waals surface area contributed by atoms with Gasteiger partial charge < -0.3 is 5.32 Å². The van der Waals surface area contributed by atoms with Gasteiger partial charge >= 0.3 is 0 Å². The van der Waals surface area contributed by atoms with Crippen LogP contribution >= 0.6 is 0 Å². The van der Waals surface area contributed by atoms with Crippen molar-refractivity contribution in [1.29, 1.82) is 0 Å². The second-order valence-corrected chi connectivity index (χ2v) is 5.66. The summed E-state index contributed by atoms with van der Waals surface area (Å²) in [4.78, 5) is 0. The van der Waals surface area contributed by atoms with Crippen molar-refractivity contribution < 1.29 is 0 Å². The van der Waals surface area contributed by atoms with Crippen LogP contribution < -0.4 is 5.32 Å². The summed E-state index contributed by atoms with van der Waals surface area (Å²) in [7, 11) is 4.04. The van der Waals surface area contributed by atoms with Crippen LogP contribution in [0.15, 0.2) is 18.2 Å². The Kier molecular flexibility index (Phi) is 4.29. The quantitative estimate of drug-likeness (QED) is 0.925. The normalized spacial score (nSPS) is 12.7. The van der Waals surface area contributed by atoms with E-state index in [1.54, 1.807) is 0 Å². The van der Waals surface area contributed by atoms with E-state index in [-0.39, 0.29) is 0 Å². The highest BCUT2D eigenvalue weighted by Crippen LogP contribution is 2.23. The minimum atomic E-state index is 0.330. The van der Waals surface area contributed by atoms with E-state index in [2.05, 4.69) is 56.3 Å². The lowest BCUT2D eigenvalue weighted by atomic mass is 9.95. The Hall–Kier alpha value is -1.61. The molecule has 1 unspecified atom stereocenters. The molecule has 0 aliphatic rings. The van der Waals surface area contributed by atoms with Crippen molar-refractivity contribution in [3.63, 3.8) is 0 Å². The lowest BCUT2D eigenvalue weighted by Crippen LogP contribution is -2.19. The molecular formula is C17H25N3. The minimum Gasteiger partial charge on any atom is -0.313 e. The molecule has 0 saturated heterocycles. The summed E-state index contributed by atoms with van der Waals surface area (Å²) in [5.74, 6) is 0. The number of likely N-dealkylation sites (N-methyl/N-ethyl adjacent to an activating group) is 1. The molecule has 0 radical (unpaired) electrons. The summed E-state index contributed by atoms with van der Waals surface area (Å²) in [5.41, 5.74) is 7.78. The van der Waals surface area contributed by atoms with E-state index in [0.29, 0.717) is 6.04 Å². The van der Waals surface area contributed by atoms with Crippen LogP contribution in [0.5, 0.6) is 0 Å². The van der Waals surface area contributed by atoms with Gasteiger partial charge in [0.2, 0.25) is 0 Å². The summed E-state index contributed by atoms with van der Waals surface area (Å²) < 4.78 is 1.97. The molecule has 1 N–H and O–H groups in total. The monoisotopic (exact) mass is 271 g/mol. The van der Waals surface area contributed by atoms with Gasteiger partial charge in [-0.05, 0) is 63.4 Å². The first-order valence-electron chi connectivity index (χ1n) is 7.17. The van der Waals surface area contributed by atoms with Crippen molar-refractivity contribution in [3.8, 4) is 0 Å². The fraction of sp³-hybridized carbons (Fsp3) is 0.471. The maximum Gasteiger partial charge on any atom is 0.0629 e. The van der Waals surface area contributed by atoms with E-state index in [1.165, 1.54) is 27.9 Å². The van der Waals surface area contributed by atoms with Crippen LogP contribution in [0.4, 0.5) is 0 Å². The van der Waals surface area contributed by atoms with Crippen LogP contribution in [0, 0.1) is 27.7 Å². The Labute approximate surface area is 122 Å². The molecular weight excluding hydrogens is 246 g/mol. The predicted octanol–water partition coefficient (Wildman–Crippen LogP) is 3.16. The van der Waals surface area contributed by atoms with E-state index < -0.39 is 0 Å². The maximum atomic E-state index is 4.51. The van der Waals surface area contributed by atoms with Gasteiger partial charge in [0.15, 0.2) is 0 Å². The molecule has 108 valence electrons. The standard InChI is InChI=1S/C17H25N3/c1-11-7-8-15(9-12(11)2)17(18-5)10-16-13(3)19-20(6)14(16)4/h7-9,17-18H,10H2,1-6H3. The van der Waals surface area contributed by atoms with Crippen LogP contribution in [0.2, 0.25) is 0 Å². The number of nitrogens with one attached hydrogen (secondary N) is 1. The summed E-state index contributed by atoms with van der Waals surface area (Å²) in [6.07, 6.45) is 0.977. The Balaban J connectivity index is 2.31. The van der Waals surface area contributed by atoms with Gasteiger partial charge in [-0.1, -0.05) is 18.2 Å². The van der Waals surface area contributed by atoms with Gasteiger partial charge in [-0.3, -0.25) is 4.68 Å². The predicted molar refractivity (Wildman–Crippen MR) is 84.1 cm³/mol. The second kappa shape index (κ2) is 5.80. The molecule has 0 spiro atoms. The number of aromatic nitrogens is 2. The van der Waals surface area contributed by atoms with E-state index in [0.717, 1.165) is 12.1 Å². The maximum absolute atomic E-state index is 4.51. The fourth-order valence-electron chi connectivity index (χ4n) is 2.68. The first-order valence-corrected chi connectivity index (χ1v) is 7.17. The van der Waals surface area contributed by atoms with Crippen LogP contribution in [-0.2, 0) is 13.5 Å². The summed E-state index contributed by atoms with van der Waals surface area (Å²) in [6.45, 7) is 8.56. The van der Waals surface area contributed by atoms with Gasteiger partial charge in [-0.2, -0.15) is 5.10 Å². The van der Waals surface area contributed by atoms with E-state index in [9.17, 15) is 0 Å². The largest absolute Gasteiger partial charge is 0.313 e. The highest BCUT2D eigenvalue weighted by Gasteiger charge is 2.16. The molecule has 0 amide bonds. The SMILES string of the molecule is CNC(Cc1c(C)nn(C)c1C)c1ccc(C)c(C)c1. The molecule has 0 fully saturated rings. The molecule has 0 aliphatic carbocycles. The van der Waals surface area contributed by atoms with E-state index in [1.807, 2.05) is 18.8 Å². The zero-order valence-corrected chi connectivity index (χ0v) is 13.4. The van der Waals surface area contributed by atoms with Crippen LogP contribution in [0.25, 0.3) is 0 Å². The van der Waals surface area contributed by atoms with Gasteiger partial charge in [-0.25, -0.2) is 0 Å². The van der Waals surface area contributed by atoms with Crippen molar-refractivity contribution in [1.82, 2.24) is 15.1 Å². The highest BCUT2D eigenvalue weighted by molar-refractivity contribution is 5.34. The number of nitrogens with zero attached hydrogens (tertiary/aromatic N) is 2. The third kappa shape index (κ3) is 2.78. The Bertz CT molecular complexity index is 611. The molecule has 0 saturated carbocycles. The fourth-order valence-corrected chi connectivity index (χ4v) is 2.68. The average molecular weight is 271 g/mol. The number of aryl methyl sites for hydroxylation is 4. The molecule has 1 aromatic carbocycles. The van der Waals surface area contributed by atoms with Gasteiger partial charge in [-0.15, -0.1) is 0 Å². The number of hydrogen-bond donors (Lipinski definition) is 1. The van der Waals surface area contributed by atoms with Gasteiger partial charge in [0, 0.05) is 18.8 Å². The first kappa shape index (κ1) is 14.8. The minimum absolute atomic E-state index is 0.330. The topological polar surface area (TPSA) is 29.9 Å². The highest BCUT2D eigenvalue weighted by atomic mass is 15.3. The third-order valence-electron chi connectivity index (χ3n) is 4.35. The molecule has 20 heavy (non-hydrogen) atoms. The van der Waals surface area contributed by atoms with Gasteiger partial charge in [0.1, 0.15) is 0 Å². The smallest absolute Gasteiger partial charge is 0.0629 e. The number of hydrogen-bond acceptors (Lipinski definition) is 2. The molecule has 3 nitrogen and oxygen atoms in total. The second-order valence-electron chi connectivity index (χ2n) is 5.66. The molecule has 2 rings (SSSR count). The number of benzene rings is 1. The van der Waals surface area contributed by atoms with Crippen LogP contribution in [0.1, 0.15) is 39.7 Å². The first-order chi connectivity index (χ1) is 9.43. The molecule has 3 heteroatoms. The Morgan fingerprint density at radius 1 is 1.15 bits per heavy atom. The molecule has 0 aliphatic heterocycles. The van der Waals surface area contributed by atoms with Crippen molar-refractivity contribution in [2.75, 3.05) is 7.05 Å². The van der Waals surface area contributed by atoms with Gasteiger partial charge in [0.05, 0.1) is 5.69 Å². The zero-order chi connectivity index (χ0) is 14.9. The van der Waals surface area contributed by atoms with Crippen molar-refractivity contribution in [2.45, 2.75) is 40.2 Å². The van der Waals surface area contributed by atoms with Crippen molar-refractivity contribution in [2.24, 2.45) is 7.05 Å². The zero-order valence-electron chi connectivity index (χ0n) is 13.4. The molecule has 0 bridgehead atoms. The summed E-state index contributed by atoms with van der Waals surface area (Å²) in [5, 5.41) is 7.95. The number of rotatable bonds is 4. The van der Waals surface area contributed by atoms with Crippen LogP contribution in [-0.4, -0.2) is 16.8 Å². The van der Waals surface area contributed by atoms with E-state index >= 15 is 0 Å². The van der Waals surface area contributed by atoms with Crippen molar-refractivity contribution in [3.05, 3.63) is 51.8 Å². The molecule has 2 aromatic rings. The Morgan fingerprint density at radius 2 is 1.85 bits per heavy atom.